The second-order valence-electron chi connectivity index (χ2n) is 5.82. The summed E-state index contributed by atoms with van der Waals surface area (Å²) in [5.41, 5.74) is 2.70. The molecule has 0 aliphatic rings. The molecule has 0 saturated carbocycles. The van der Waals surface area contributed by atoms with Crippen molar-refractivity contribution < 1.29 is 26.2 Å². The maximum absolute atomic E-state index is 2.20. The molecule has 2 radical (unpaired) electrons. The van der Waals surface area contributed by atoms with Crippen molar-refractivity contribution in [1.29, 1.82) is 0 Å². The topological polar surface area (TPSA) is 0 Å². The third-order valence-corrected chi connectivity index (χ3v) is 3.52. The Bertz CT molecular complexity index is 717. The molecule has 4 rings (SSSR count). The fraction of sp³-hybridized carbons (Fsp3) is 0.167. The van der Waals surface area contributed by atoms with Crippen LogP contribution < -0.4 is 0 Å². The molecule has 0 spiro atoms. The van der Waals surface area contributed by atoms with Crippen LogP contribution in [0, 0.1) is 28.7 Å². The molecule has 0 nitrogen and oxygen atoms in total. The van der Waals surface area contributed by atoms with Gasteiger partial charge in [-0.15, -0.1) is 81.2 Å². The van der Waals surface area contributed by atoms with E-state index in [2.05, 4.69) is 99.7 Å². The van der Waals surface area contributed by atoms with Gasteiger partial charge in [0.1, 0.15) is 0 Å². The van der Waals surface area contributed by atoms with E-state index >= 15 is 0 Å². The Morgan fingerprint density at radius 3 is 1.27 bits per heavy atom. The quantitative estimate of drug-likeness (QED) is 0.198. The summed E-state index contributed by atoms with van der Waals surface area (Å²) in [6, 6.07) is 25.7. The van der Waals surface area contributed by atoms with Gasteiger partial charge in [-0.1, -0.05) is 39.1 Å². The average molecular weight is 438 g/mol. The van der Waals surface area contributed by atoms with E-state index in [0.29, 0.717) is 0 Å². The van der Waals surface area contributed by atoms with Gasteiger partial charge in [0.2, 0.25) is 0 Å². The normalized spacial score (nSPS) is 8.77. The monoisotopic (exact) mass is 436 g/mol. The van der Waals surface area contributed by atoms with Crippen LogP contribution in [-0.2, 0) is 26.2 Å². The van der Waals surface area contributed by atoms with E-state index in [-0.39, 0.29) is 41.1 Å². The van der Waals surface area contributed by atoms with E-state index in [4.69, 9.17) is 0 Å². The molecular weight excluding hydrogens is 408 g/mol. The number of hydrogen-bond donors (Lipinski definition) is 0. The van der Waals surface area contributed by atoms with Crippen LogP contribution in [-0.4, -0.2) is 9.52 Å². The van der Waals surface area contributed by atoms with Crippen molar-refractivity contribution in [2.24, 2.45) is 0 Å². The van der Waals surface area contributed by atoms with Crippen LogP contribution in [0.3, 0.4) is 0 Å². The fourth-order valence-electron chi connectivity index (χ4n) is 2.61. The second-order valence-corrected chi connectivity index (χ2v) is 6.82. The minimum atomic E-state index is 0. The van der Waals surface area contributed by atoms with Crippen molar-refractivity contribution in [3.05, 3.63) is 98.8 Å². The molecule has 0 fully saturated rings. The van der Waals surface area contributed by atoms with Gasteiger partial charge in [-0.2, -0.15) is 12.1 Å². The Balaban J connectivity index is 0. The summed E-state index contributed by atoms with van der Waals surface area (Å²) >= 11 is 0. The molecule has 2 heteroatoms. The number of hydrogen-bond acceptors (Lipinski definition) is 0. The first kappa shape index (κ1) is 27.0. The predicted octanol–water partition coefficient (Wildman–Crippen LogP) is 7.42. The smallest absolute Gasteiger partial charge is 0.358 e. The minimum absolute atomic E-state index is 0. The molecule has 0 bridgehead atoms. The zero-order valence-electron chi connectivity index (χ0n) is 16.9. The van der Waals surface area contributed by atoms with Crippen molar-refractivity contribution in [3.8, 4) is 0 Å². The van der Waals surface area contributed by atoms with Crippen molar-refractivity contribution in [3.63, 3.8) is 0 Å². The van der Waals surface area contributed by atoms with Crippen LogP contribution in [0.5, 0.6) is 0 Å². The van der Waals surface area contributed by atoms with E-state index in [1.54, 1.807) is 0 Å². The summed E-state index contributed by atoms with van der Waals surface area (Å²) < 4.78 is 0. The van der Waals surface area contributed by atoms with Crippen molar-refractivity contribution in [1.82, 2.24) is 0 Å². The molecule has 4 aromatic rings. The molecule has 0 heterocycles. The van der Waals surface area contributed by atoms with Crippen LogP contribution in [0.1, 0.15) is 11.1 Å². The first-order valence-corrected chi connectivity index (χ1v) is 9.96. The number of benzene rings is 2. The summed E-state index contributed by atoms with van der Waals surface area (Å²) in [6.45, 7) is 8.56. The third kappa shape index (κ3) is 7.98. The number of fused-ring (bicyclic) bond motifs is 2. The summed E-state index contributed by atoms with van der Waals surface area (Å²) in [6.07, 6.45) is 0. The van der Waals surface area contributed by atoms with Crippen molar-refractivity contribution in [2.75, 3.05) is 0 Å². The molecule has 0 saturated heterocycles. The van der Waals surface area contributed by atoms with Gasteiger partial charge in [-0.3, -0.25) is 0 Å². The predicted molar refractivity (Wildman–Crippen MR) is 119 cm³/mol. The van der Waals surface area contributed by atoms with Gasteiger partial charge < -0.3 is 14.9 Å². The maximum atomic E-state index is 2.20. The molecule has 4 aromatic carbocycles. The molecule has 0 amide bonds. The van der Waals surface area contributed by atoms with Gasteiger partial charge in [0, 0.05) is 9.52 Å². The Morgan fingerprint density at radius 2 is 0.962 bits per heavy atom. The molecule has 0 N–H and O–H groups in total. The zero-order chi connectivity index (χ0) is 16.7. The van der Waals surface area contributed by atoms with Crippen LogP contribution in [0.4, 0.5) is 0 Å². The molecule has 0 aromatic heterocycles. The van der Waals surface area contributed by atoms with Gasteiger partial charge in [-0.05, 0) is 0 Å². The van der Waals surface area contributed by atoms with Crippen LogP contribution in [0.25, 0.3) is 21.5 Å². The fourth-order valence-corrected chi connectivity index (χ4v) is 2.61. The van der Waals surface area contributed by atoms with Gasteiger partial charge >= 0.3 is 26.2 Å². The van der Waals surface area contributed by atoms with E-state index < -0.39 is 0 Å². The minimum Gasteiger partial charge on any atom is -0.358 e. The van der Waals surface area contributed by atoms with Gasteiger partial charge in [-0.25, -0.2) is 0 Å². The summed E-state index contributed by atoms with van der Waals surface area (Å²) in [5, 5.41) is 5.39. The largest absolute Gasteiger partial charge is 4.00 e. The summed E-state index contributed by atoms with van der Waals surface area (Å²) in [4.78, 5) is 0. The first-order valence-electron chi connectivity index (χ1n) is 7.96. The SMILES string of the molecule is C[Si]C.Cc1cc2ccccc2[cH-]1.Cc1cc2ccccc2[cH-]1.[CH3-].[CH3-].[Zr+4]. The van der Waals surface area contributed by atoms with Gasteiger partial charge in [0.05, 0.1) is 0 Å². The third-order valence-electron chi connectivity index (χ3n) is 3.52. The standard InChI is InChI=1S/2C10H9.C2H6Si.2CH3.Zr/c2*1-8-6-9-4-2-3-5-10(9)7-8;1-3-2;;;/h2*2-7H,1H3;1-2H3;2*1H3;/q2*-1;;2*-1;+4. The molecule has 0 aliphatic carbocycles. The van der Waals surface area contributed by atoms with Crippen LogP contribution in [0.2, 0.25) is 13.1 Å². The summed E-state index contributed by atoms with van der Waals surface area (Å²) in [7, 11) is 1.08. The Labute approximate surface area is 182 Å². The van der Waals surface area contributed by atoms with E-state index in [9.17, 15) is 0 Å². The van der Waals surface area contributed by atoms with Crippen molar-refractivity contribution >= 4 is 31.1 Å². The Morgan fingerprint density at radius 1 is 0.654 bits per heavy atom. The van der Waals surface area contributed by atoms with E-state index in [1.165, 1.54) is 32.7 Å². The van der Waals surface area contributed by atoms with Crippen LogP contribution in [0.15, 0.2) is 72.8 Å². The van der Waals surface area contributed by atoms with E-state index in [1.807, 2.05) is 0 Å². The van der Waals surface area contributed by atoms with Gasteiger partial charge in [0.25, 0.3) is 0 Å². The number of rotatable bonds is 0. The molecule has 26 heavy (non-hydrogen) atoms. The molecule has 0 aliphatic heterocycles. The van der Waals surface area contributed by atoms with Gasteiger partial charge in [0.15, 0.2) is 0 Å². The number of aryl methyl sites for hydroxylation is 2. The Hall–Kier alpha value is -1.24. The maximum Gasteiger partial charge on any atom is 4.00 e. The molecule has 134 valence electrons. The van der Waals surface area contributed by atoms with Crippen molar-refractivity contribution in [2.45, 2.75) is 26.9 Å². The zero-order valence-corrected chi connectivity index (χ0v) is 20.4. The van der Waals surface area contributed by atoms with E-state index in [0.717, 1.165) is 9.52 Å². The van der Waals surface area contributed by atoms with Crippen LogP contribution >= 0.6 is 0 Å². The first-order chi connectivity index (χ1) is 11.1. The average Bonchev–Trinajstić information content (AvgIpc) is 3.08. The Kier molecular flexibility index (Phi) is 14.4. The molecular formula is C24H30SiZr. The molecule has 0 unspecified atom stereocenters. The second kappa shape index (κ2) is 13.9. The molecule has 0 atom stereocenters. The summed E-state index contributed by atoms with van der Waals surface area (Å²) in [5.74, 6) is 0.